The smallest absolute Gasteiger partial charge is 0.323 e. The van der Waals surface area contributed by atoms with Crippen LogP contribution in [0.25, 0.3) is 0 Å². The standard InChI is InChI=1S/C10H13N3O4/c14-9(15)6-11-13(12-7-10(16)17)8-4-2-1-3-5-8/h1-5,11-12H,6-7H2,(H,14,15)(H,16,17)/q+1. The van der Waals surface area contributed by atoms with E-state index in [2.05, 4.69) is 10.9 Å². The maximum absolute atomic E-state index is 10.4. The van der Waals surface area contributed by atoms with Crippen molar-refractivity contribution in [3.8, 4) is 0 Å². The number of rotatable bonds is 7. The lowest BCUT2D eigenvalue weighted by Crippen LogP contribution is -2.52. The number of anilines is 1. The molecule has 0 saturated carbocycles. The Balaban J connectivity index is 2.64. The number of benzene rings is 1. The van der Waals surface area contributed by atoms with Crippen LogP contribution >= 0.6 is 0 Å². The van der Waals surface area contributed by atoms with E-state index < -0.39 is 11.9 Å². The van der Waals surface area contributed by atoms with Crippen molar-refractivity contribution in [2.45, 2.75) is 0 Å². The highest BCUT2D eigenvalue weighted by Crippen LogP contribution is 2.07. The molecule has 0 saturated heterocycles. The number of hydrogen-bond acceptors (Lipinski definition) is 5. The van der Waals surface area contributed by atoms with E-state index in [1.54, 1.807) is 30.3 Å². The Morgan fingerprint density at radius 3 is 1.88 bits per heavy atom. The lowest BCUT2D eigenvalue weighted by Gasteiger charge is -2.08. The van der Waals surface area contributed by atoms with Crippen molar-refractivity contribution in [1.82, 2.24) is 16.0 Å². The number of nitrogens with one attached hydrogen (secondary N) is 2. The van der Waals surface area contributed by atoms with Crippen LogP contribution in [0.1, 0.15) is 0 Å². The van der Waals surface area contributed by atoms with Gasteiger partial charge in [-0.15, -0.1) is 0 Å². The molecule has 1 aromatic rings. The molecule has 0 heterocycles. The zero-order chi connectivity index (χ0) is 12.7. The summed E-state index contributed by atoms with van der Waals surface area (Å²) in [5.74, 6) is -2.08. The second-order valence-electron chi connectivity index (χ2n) is 3.13. The summed E-state index contributed by atoms with van der Waals surface area (Å²) in [6.07, 6.45) is 0. The van der Waals surface area contributed by atoms with Gasteiger partial charge >= 0.3 is 11.9 Å². The molecule has 0 unspecified atom stereocenters. The zero-order valence-corrected chi connectivity index (χ0v) is 8.96. The molecule has 0 fully saturated rings. The van der Waals surface area contributed by atoms with Gasteiger partial charge in [0.25, 0.3) is 0 Å². The molecule has 7 nitrogen and oxygen atoms in total. The highest BCUT2D eigenvalue weighted by molar-refractivity contribution is 5.69. The van der Waals surface area contributed by atoms with Crippen molar-refractivity contribution in [2.75, 3.05) is 13.1 Å². The van der Waals surface area contributed by atoms with Crippen LogP contribution in [-0.4, -0.2) is 35.2 Å². The molecule has 0 amide bonds. The molecule has 0 bridgehead atoms. The molecule has 1 rings (SSSR count). The van der Waals surface area contributed by atoms with E-state index in [4.69, 9.17) is 10.2 Å². The molecule has 7 heteroatoms. The van der Waals surface area contributed by atoms with E-state index in [1.807, 2.05) is 0 Å². The first-order valence-corrected chi connectivity index (χ1v) is 4.85. The summed E-state index contributed by atoms with van der Waals surface area (Å²) in [5, 5.41) is 18.4. The van der Waals surface area contributed by atoms with Crippen LogP contribution in [-0.2, 0) is 9.59 Å². The molecule has 1 aromatic carbocycles. The number of para-hydroxylation sites is 1. The third kappa shape index (κ3) is 5.07. The number of hydrazine groups is 2. The minimum absolute atomic E-state index is 0.318. The van der Waals surface area contributed by atoms with Crippen LogP contribution in [0.4, 0.5) is 5.69 Å². The Morgan fingerprint density at radius 1 is 1.00 bits per heavy atom. The van der Waals surface area contributed by atoms with E-state index in [1.165, 1.54) is 5.12 Å². The topological polar surface area (TPSA) is 105 Å². The van der Waals surface area contributed by atoms with Crippen molar-refractivity contribution in [2.24, 2.45) is 0 Å². The molecule has 0 atom stereocenters. The first-order chi connectivity index (χ1) is 8.09. The van der Waals surface area contributed by atoms with Crippen molar-refractivity contribution < 1.29 is 19.8 Å². The molecule has 0 spiro atoms. The van der Waals surface area contributed by atoms with Crippen molar-refractivity contribution in [3.05, 3.63) is 30.3 Å². The van der Waals surface area contributed by atoms with Crippen LogP contribution in [0.2, 0.25) is 0 Å². The Morgan fingerprint density at radius 2 is 1.47 bits per heavy atom. The number of hydrogen-bond donors (Lipinski definition) is 4. The summed E-state index contributed by atoms with van der Waals surface area (Å²) >= 11 is 0. The molecule has 0 aromatic heterocycles. The molecule has 4 N–H and O–H groups in total. The third-order valence-electron chi connectivity index (χ3n) is 1.79. The Bertz CT molecular complexity index is 364. The van der Waals surface area contributed by atoms with Crippen molar-refractivity contribution >= 4 is 17.6 Å². The van der Waals surface area contributed by atoms with Crippen LogP contribution in [0.3, 0.4) is 0 Å². The summed E-state index contributed by atoms with van der Waals surface area (Å²) in [6, 6.07) is 8.74. The lowest BCUT2D eigenvalue weighted by molar-refractivity contribution is -0.136. The summed E-state index contributed by atoms with van der Waals surface area (Å²) in [5.41, 5.74) is 5.72. The van der Waals surface area contributed by atoms with Gasteiger partial charge in [0.1, 0.15) is 0 Å². The van der Waals surface area contributed by atoms with E-state index in [0.29, 0.717) is 5.69 Å². The maximum Gasteiger partial charge on any atom is 0.323 e. The van der Waals surface area contributed by atoms with Gasteiger partial charge in [0.15, 0.2) is 13.1 Å². The van der Waals surface area contributed by atoms with Gasteiger partial charge < -0.3 is 10.2 Å². The molecular formula is C10H13N3O4+. The molecule has 0 aliphatic rings. The van der Waals surface area contributed by atoms with Crippen LogP contribution < -0.4 is 16.0 Å². The Hall–Kier alpha value is -1.96. The van der Waals surface area contributed by atoms with Gasteiger partial charge in [-0.1, -0.05) is 29.1 Å². The van der Waals surface area contributed by atoms with Gasteiger partial charge in [-0.2, -0.15) is 0 Å². The third-order valence-corrected chi connectivity index (χ3v) is 1.79. The number of aliphatic carboxylic acids is 2. The first kappa shape index (κ1) is 13.1. The Labute approximate surface area is 97.6 Å². The molecular weight excluding hydrogens is 226 g/mol. The first-order valence-electron chi connectivity index (χ1n) is 4.85. The highest BCUT2D eigenvalue weighted by Gasteiger charge is 2.21. The van der Waals surface area contributed by atoms with E-state index in [0.717, 1.165) is 0 Å². The van der Waals surface area contributed by atoms with Gasteiger partial charge in [0, 0.05) is 17.3 Å². The van der Waals surface area contributed by atoms with Gasteiger partial charge in [0.2, 0.25) is 5.69 Å². The second kappa shape index (κ2) is 6.59. The van der Waals surface area contributed by atoms with Crippen molar-refractivity contribution in [1.29, 1.82) is 0 Å². The van der Waals surface area contributed by atoms with E-state index >= 15 is 0 Å². The van der Waals surface area contributed by atoms with E-state index in [-0.39, 0.29) is 13.1 Å². The highest BCUT2D eigenvalue weighted by atomic mass is 16.4. The number of carbonyl (C=O) groups is 2. The molecule has 0 aliphatic heterocycles. The molecule has 0 aliphatic carbocycles. The zero-order valence-electron chi connectivity index (χ0n) is 8.96. The fourth-order valence-electron chi connectivity index (χ4n) is 1.11. The van der Waals surface area contributed by atoms with Crippen molar-refractivity contribution in [3.63, 3.8) is 0 Å². The summed E-state index contributed by atoms with van der Waals surface area (Å²) in [6.45, 7) is -0.636. The molecule has 91 valence electrons. The second-order valence-corrected chi connectivity index (χ2v) is 3.13. The quantitative estimate of drug-likeness (QED) is 0.382. The average molecular weight is 239 g/mol. The predicted molar refractivity (Wildman–Crippen MR) is 59.5 cm³/mol. The largest absolute Gasteiger partial charge is 0.480 e. The fraction of sp³-hybridized carbons (Fsp3) is 0.200. The molecule has 1 radical (unpaired) electrons. The number of nitrogens with zero attached hydrogens (tertiary/aromatic N) is 1. The monoisotopic (exact) mass is 239 g/mol. The van der Waals surface area contributed by atoms with Gasteiger partial charge in [-0.25, -0.2) is 0 Å². The van der Waals surface area contributed by atoms with Gasteiger partial charge in [-0.3, -0.25) is 9.59 Å². The minimum atomic E-state index is -1.04. The van der Waals surface area contributed by atoms with Crippen LogP contribution in [0, 0.1) is 0 Å². The minimum Gasteiger partial charge on any atom is -0.480 e. The van der Waals surface area contributed by atoms with Gasteiger partial charge in [0.05, 0.1) is 0 Å². The predicted octanol–water partition coefficient (Wildman–Crippen LogP) is -0.363. The van der Waals surface area contributed by atoms with Crippen LogP contribution in [0.5, 0.6) is 0 Å². The average Bonchev–Trinajstić information content (AvgIpc) is 2.29. The lowest BCUT2D eigenvalue weighted by atomic mass is 10.3. The number of carboxylic acids is 2. The maximum atomic E-state index is 10.4. The molecule has 17 heavy (non-hydrogen) atoms. The number of carboxylic acid groups (broad SMARTS) is 2. The SMILES string of the molecule is O=C(O)CN[N+](NCC(=O)O)c1ccccc1. The summed E-state index contributed by atoms with van der Waals surface area (Å²) in [4.78, 5) is 20.9. The summed E-state index contributed by atoms with van der Waals surface area (Å²) in [7, 11) is 0. The fourth-order valence-corrected chi connectivity index (χ4v) is 1.11. The van der Waals surface area contributed by atoms with E-state index in [9.17, 15) is 9.59 Å². The normalized spacial score (nSPS) is 10.4. The van der Waals surface area contributed by atoms with Gasteiger partial charge in [-0.05, 0) is 0 Å². The Kier molecular flexibility index (Phi) is 5.08. The van der Waals surface area contributed by atoms with Crippen LogP contribution in [0.15, 0.2) is 30.3 Å². The summed E-state index contributed by atoms with van der Waals surface area (Å²) < 4.78 is 0.